The van der Waals surface area contributed by atoms with Crippen LogP contribution in [0.4, 0.5) is 0 Å². The summed E-state index contributed by atoms with van der Waals surface area (Å²) < 4.78 is 5.28. The van der Waals surface area contributed by atoms with E-state index in [0.29, 0.717) is 6.42 Å². The van der Waals surface area contributed by atoms with Crippen molar-refractivity contribution in [3.63, 3.8) is 0 Å². The van der Waals surface area contributed by atoms with Gasteiger partial charge in [-0.2, -0.15) is 0 Å². The molecule has 0 aliphatic rings. The highest BCUT2D eigenvalue weighted by Gasteiger charge is 2.12. The molecule has 0 spiro atoms. The van der Waals surface area contributed by atoms with E-state index < -0.39 is 12.2 Å². The van der Waals surface area contributed by atoms with Gasteiger partial charge >= 0.3 is 0 Å². The van der Waals surface area contributed by atoms with Crippen molar-refractivity contribution in [1.29, 1.82) is 0 Å². The highest BCUT2D eigenvalue weighted by Crippen LogP contribution is 2.07. The molecule has 0 aliphatic carbocycles. The summed E-state index contributed by atoms with van der Waals surface area (Å²) in [4.78, 5) is 0. The predicted molar refractivity (Wildman–Crippen MR) is 76.3 cm³/mol. The summed E-state index contributed by atoms with van der Waals surface area (Å²) in [7, 11) is 0. The van der Waals surface area contributed by atoms with Gasteiger partial charge < -0.3 is 20.1 Å². The first-order chi connectivity index (χ1) is 6.10. The average Bonchev–Trinajstić information content (AvgIpc) is 2.10. The van der Waals surface area contributed by atoms with Crippen molar-refractivity contribution in [2.24, 2.45) is 0 Å². The zero-order valence-corrected chi connectivity index (χ0v) is 8.31. The van der Waals surface area contributed by atoms with Crippen molar-refractivity contribution in [3.8, 4) is 0 Å². The summed E-state index contributed by atoms with van der Waals surface area (Å²) in [6.45, 7) is 3.50. The minimum absolute atomic E-state index is 0. The van der Waals surface area contributed by atoms with Crippen LogP contribution in [0.25, 0.3) is 0 Å². The third kappa shape index (κ3) is 18.4. The van der Waals surface area contributed by atoms with Gasteiger partial charge in [-0.15, -0.1) is 0 Å². The van der Waals surface area contributed by atoms with Crippen molar-refractivity contribution >= 4 is 0 Å². The first-order valence-electron chi connectivity index (χ1n) is 4.68. The molecule has 0 radical (unpaired) electrons. The molecule has 0 fully saturated rings. The molecule has 0 bridgehead atoms. The maximum atomic E-state index is 9.08. The Morgan fingerprint density at radius 2 is 1.53 bits per heavy atom. The molecule has 0 aromatic heterocycles. The van der Waals surface area contributed by atoms with E-state index in [4.69, 9.17) is 20.1 Å². The molecule has 0 saturated heterocycles. The van der Waals surface area contributed by atoms with Crippen LogP contribution in [0.2, 0.25) is 0 Å². The number of ether oxygens (including phenoxy) is 1. The Morgan fingerprint density at radius 3 is 1.82 bits per heavy atom. The second-order valence-electron chi connectivity index (χ2n) is 3.28. The minimum Gasteiger partial charge on any atom is -0.394 e. The third-order valence-corrected chi connectivity index (χ3v) is 1.79. The number of hydrogen-bond acceptors (Lipinski definition) is 4. The normalized spacial score (nSPS) is 13.9. The van der Waals surface area contributed by atoms with Gasteiger partial charge in [0, 0.05) is 0 Å². The molecular formula is C13H36O4. The van der Waals surface area contributed by atoms with E-state index in [-0.39, 0.29) is 49.0 Å². The molecule has 0 aromatic rings. The van der Waals surface area contributed by atoms with Gasteiger partial charge in [0.2, 0.25) is 0 Å². The van der Waals surface area contributed by atoms with E-state index in [9.17, 15) is 0 Å². The van der Waals surface area contributed by atoms with E-state index in [2.05, 4.69) is 0 Å². The zero-order valence-electron chi connectivity index (χ0n) is 8.31. The Bertz CT molecular complexity index is 118. The molecule has 3 N–H and O–H groups in total. The van der Waals surface area contributed by atoms with Crippen molar-refractivity contribution in [1.82, 2.24) is 0 Å². The van der Waals surface area contributed by atoms with Crippen LogP contribution in [0.3, 0.4) is 0 Å². The van der Waals surface area contributed by atoms with Gasteiger partial charge in [0.15, 0.2) is 0 Å². The summed E-state index contributed by atoms with van der Waals surface area (Å²) in [5.74, 6) is 0. The zero-order chi connectivity index (χ0) is 10.3. The standard InChI is InChI=1S/C9H20O4.4CH4/c1-3-9(4-7(2)11)13-6-8(12)5-10;;;;/h7-12H,3-6H2,1-2H3;4*1H4. The molecule has 112 valence electrons. The maximum absolute atomic E-state index is 9.08. The lowest BCUT2D eigenvalue weighted by molar-refractivity contribution is -0.0430. The van der Waals surface area contributed by atoms with Crippen LogP contribution in [0.5, 0.6) is 0 Å². The second kappa shape index (κ2) is 18.2. The largest absolute Gasteiger partial charge is 0.394 e. The lowest BCUT2D eigenvalue weighted by Crippen LogP contribution is -2.26. The topological polar surface area (TPSA) is 69.9 Å². The summed E-state index contributed by atoms with van der Waals surface area (Å²) in [6.07, 6.45) is 0.109. The fourth-order valence-corrected chi connectivity index (χ4v) is 1.03. The highest BCUT2D eigenvalue weighted by molar-refractivity contribution is 4.61. The number of hydrogen-bond donors (Lipinski definition) is 3. The fourth-order valence-electron chi connectivity index (χ4n) is 1.03. The minimum atomic E-state index is -0.817. The molecule has 0 saturated carbocycles. The molecule has 3 atom stereocenters. The third-order valence-electron chi connectivity index (χ3n) is 1.79. The molecule has 0 heterocycles. The lowest BCUT2D eigenvalue weighted by atomic mass is 10.1. The van der Waals surface area contributed by atoms with Crippen LogP contribution in [-0.2, 0) is 4.74 Å². The van der Waals surface area contributed by atoms with Crippen molar-refractivity contribution in [2.75, 3.05) is 13.2 Å². The average molecular weight is 256 g/mol. The van der Waals surface area contributed by atoms with Crippen LogP contribution in [0, 0.1) is 0 Å². The summed E-state index contributed by atoms with van der Waals surface area (Å²) in [5.41, 5.74) is 0. The van der Waals surface area contributed by atoms with E-state index in [0.717, 1.165) is 6.42 Å². The van der Waals surface area contributed by atoms with Gasteiger partial charge in [-0.1, -0.05) is 36.6 Å². The highest BCUT2D eigenvalue weighted by atomic mass is 16.5. The van der Waals surface area contributed by atoms with Gasteiger partial charge in [0.25, 0.3) is 0 Å². The summed E-state index contributed by atoms with van der Waals surface area (Å²) in [6, 6.07) is 0. The van der Waals surface area contributed by atoms with E-state index in [1.54, 1.807) is 6.92 Å². The lowest BCUT2D eigenvalue weighted by Gasteiger charge is -2.18. The Labute approximate surface area is 109 Å². The van der Waals surface area contributed by atoms with Crippen molar-refractivity contribution in [3.05, 3.63) is 0 Å². The van der Waals surface area contributed by atoms with Crippen LogP contribution < -0.4 is 0 Å². The Kier molecular flexibility index (Phi) is 32.3. The van der Waals surface area contributed by atoms with Crippen LogP contribution in [0.1, 0.15) is 56.4 Å². The Morgan fingerprint density at radius 1 is 1.06 bits per heavy atom. The van der Waals surface area contributed by atoms with E-state index in [1.807, 2.05) is 6.92 Å². The molecule has 17 heavy (non-hydrogen) atoms. The molecule has 0 aliphatic heterocycles. The monoisotopic (exact) mass is 256 g/mol. The molecular weight excluding hydrogens is 220 g/mol. The number of aliphatic hydroxyl groups is 3. The maximum Gasteiger partial charge on any atom is 0.100 e. The fraction of sp³-hybridized carbons (Fsp3) is 1.00. The van der Waals surface area contributed by atoms with Gasteiger partial charge in [-0.05, 0) is 19.8 Å². The van der Waals surface area contributed by atoms with Gasteiger partial charge in [0.1, 0.15) is 6.10 Å². The quantitative estimate of drug-likeness (QED) is 0.654. The SMILES string of the molecule is C.C.C.C.CCC(CC(C)O)OCC(O)CO. The Hall–Kier alpha value is -0.160. The Balaban J connectivity index is -0.000000120. The molecule has 0 rings (SSSR count). The van der Waals surface area contributed by atoms with Crippen molar-refractivity contribution in [2.45, 2.75) is 74.7 Å². The van der Waals surface area contributed by atoms with Crippen LogP contribution in [-0.4, -0.2) is 46.8 Å². The first kappa shape index (κ1) is 30.1. The van der Waals surface area contributed by atoms with Gasteiger partial charge in [-0.3, -0.25) is 0 Å². The van der Waals surface area contributed by atoms with Gasteiger partial charge in [0.05, 0.1) is 25.4 Å². The van der Waals surface area contributed by atoms with E-state index >= 15 is 0 Å². The summed E-state index contributed by atoms with van der Waals surface area (Å²) >= 11 is 0. The first-order valence-corrected chi connectivity index (χ1v) is 4.68. The number of aliphatic hydroxyl groups excluding tert-OH is 3. The summed E-state index contributed by atoms with van der Waals surface area (Å²) in [5, 5.41) is 26.6. The molecule has 4 heteroatoms. The molecule has 0 aromatic carbocycles. The van der Waals surface area contributed by atoms with Crippen LogP contribution >= 0.6 is 0 Å². The predicted octanol–water partition coefficient (Wildman–Crippen LogP) is 2.45. The number of rotatable bonds is 7. The van der Waals surface area contributed by atoms with E-state index in [1.165, 1.54) is 0 Å². The molecule has 3 unspecified atom stereocenters. The molecule has 0 amide bonds. The smallest absolute Gasteiger partial charge is 0.100 e. The van der Waals surface area contributed by atoms with Crippen LogP contribution in [0.15, 0.2) is 0 Å². The van der Waals surface area contributed by atoms with Crippen molar-refractivity contribution < 1.29 is 20.1 Å². The molecule has 4 nitrogen and oxygen atoms in total. The van der Waals surface area contributed by atoms with Gasteiger partial charge in [-0.25, -0.2) is 0 Å². The second-order valence-corrected chi connectivity index (χ2v) is 3.28.